The SMILES string of the molecule is COc1ccc(CCC(=O)Nc2ccc(-c3ccn[nH]3)cc2)cc1. The van der Waals surface area contributed by atoms with E-state index in [2.05, 4.69) is 15.5 Å². The Morgan fingerprint density at radius 3 is 2.46 bits per heavy atom. The first-order valence-electron chi connectivity index (χ1n) is 7.77. The highest BCUT2D eigenvalue weighted by Gasteiger charge is 2.05. The molecular weight excluding hydrogens is 302 g/mol. The van der Waals surface area contributed by atoms with Crippen LogP contribution >= 0.6 is 0 Å². The second-order valence-corrected chi connectivity index (χ2v) is 5.44. The zero-order chi connectivity index (χ0) is 16.8. The van der Waals surface area contributed by atoms with Gasteiger partial charge in [0, 0.05) is 18.3 Å². The van der Waals surface area contributed by atoms with Crippen molar-refractivity contribution in [2.24, 2.45) is 0 Å². The van der Waals surface area contributed by atoms with Gasteiger partial charge in [-0.2, -0.15) is 5.10 Å². The van der Waals surface area contributed by atoms with Crippen molar-refractivity contribution in [1.29, 1.82) is 0 Å². The Morgan fingerprint density at radius 2 is 1.83 bits per heavy atom. The van der Waals surface area contributed by atoms with E-state index in [0.29, 0.717) is 12.8 Å². The quantitative estimate of drug-likeness (QED) is 0.728. The lowest BCUT2D eigenvalue weighted by Gasteiger charge is -2.07. The third-order valence-electron chi connectivity index (χ3n) is 3.78. The third kappa shape index (κ3) is 4.01. The zero-order valence-corrected chi connectivity index (χ0v) is 13.5. The molecule has 0 fully saturated rings. The van der Waals surface area contributed by atoms with Crippen molar-refractivity contribution in [3.8, 4) is 17.0 Å². The molecule has 0 aliphatic carbocycles. The minimum atomic E-state index is 0.000100. The molecule has 0 saturated heterocycles. The van der Waals surface area contributed by atoms with Gasteiger partial charge in [-0.25, -0.2) is 0 Å². The van der Waals surface area contributed by atoms with Crippen molar-refractivity contribution < 1.29 is 9.53 Å². The molecule has 3 rings (SSSR count). The second kappa shape index (κ2) is 7.46. The number of anilines is 1. The summed E-state index contributed by atoms with van der Waals surface area (Å²) >= 11 is 0. The average Bonchev–Trinajstić information content (AvgIpc) is 3.16. The van der Waals surface area contributed by atoms with Gasteiger partial charge in [-0.05, 0) is 47.9 Å². The number of aromatic amines is 1. The summed E-state index contributed by atoms with van der Waals surface area (Å²) in [5.74, 6) is 0.820. The molecule has 0 unspecified atom stereocenters. The number of rotatable bonds is 6. The van der Waals surface area contributed by atoms with Crippen molar-refractivity contribution in [2.45, 2.75) is 12.8 Å². The molecule has 0 saturated carbocycles. The number of hydrogen-bond acceptors (Lipinski definition) is 3. The number of H-pyrrole nitrogens is 1. The summed E-state index contributed by atoms with van der Waals surface area (Å²) in [5, 5.41) is 9.76. The van der Waals surface area contributed by atoms with Crippen molar-refractivity contribution in [2.75, 3.05) is 12.4 Å². The zero-order valence-electron chi connectivity index (χ0n) is 13.5. The number of methoxy groups -OCH3 is 1. The molecule has 0 aliphatic rings. The van der Waals surface area contributed by atoms with Gasteiger partial charge < -0.3 is 10.1 Å². The van der Waals surface area contributed by atoms with E-state index in [1.807, 2.05) is 54.6 Å². The standard InChI is InChI=1S/C19H19N3O2/c1-24-17-9-2-14(3-10-17)4-11-19(23)21-16-7-5-15(6-8-16)18-12-13-20-22-18/h2-3,5-10,12-13H,4,11H2,1H3,(H,20,22)(H,21,23). The van der Waals surface area contributed by atoms with E-state index < -0.39 is 0 Å². The van der Waals surface area contributed by atoms with Crippen LogP contribution in [-0.4, -0.2) is 23.2 Å². The Kier molecular flexibility index (Phi) is 4.91. The van der Waals surface area contributed by atoms with Crippen LogP contribution in [0.5, 0.6) is 5.75 Å². The second-order valence-electron chi connectivity index (χ2n) is 5.44. The van der Waals surface area contributed by atoms with Crippen molar-refractivity contribution in [1.82, 2.24) is 10.2 Å². The van der Waals surface area contributed by atoms with Gasteiger partial charge in [0.05, 0.1) is 12.8 Å². The summed E-state index contributed by atoms with van der Waals surface area (Å²) < 4.78 is 5.12. The number of aryl methyl sites for hydroxylation is 1. The molecule has 5 nitrogen and oxygen atoms in total. The summed E-state index contributed by atoms with van der Waals surface area (Å²) in [4.78, 5) is 12.1. The number of nitrogens with one attached hydrogen (secondary N) is 2. The Hall–Kier alpha value is -3.08. The molecule has 5 heteroatoms. The molecule has 1 amide bonds. The fraction of sp³-hybridized carbons (Fsp3) is 0.158. The normalized spacial score (nSPS) is 10.4. The Labute approximate surface area is 140 Å². The first-order valence-corrected chi connectivity index (χ1v) is 7.77. The molecule has 2 N–H and O–H groups in total. The number of carbonyl (C=O) groups is 1. The van der Waals surface area contributed by atoms with E-state index in [-0.39, 0.29) is 5.91 Å². The molecule has 0 spiro atoms. The first-order chi connectivity index (χ1) is 11.7. The highest BCUT2D eigenvalue weighted by Crippen LogP contribution is 2.19. The number of ether oxygens (including phenoxy) is 1. The molecule has 1 aromatic heterocycles. The van der Waals surface area contributed by atoms with E-state index in [4.69, 9.17) is 4.74 Å². The molecule has 0 aliphatic heterocycles. The largest absolute Gasteiger partial charge is 0.497 e. The number of aromatic nitrogens is 2. The van der Waals surface area contributed by atoms with Gasteiger partial charge in [-0.15, -0.1) is 0 Å². The molecule has 1 heterocycles. The van der Waals surface area contributed by atoms with E-state index in [1.165, 1.54) is 0 Å². The number of carbonyl (C=O) groups excluding carboxylic acids is 1. The summed E-state index contributed by atoms with van der Waals surface area (Å²) in [6, 6.07) is 17.4. The Balaban J connectivity index is 1.52. The maximum absolute atomic E-state index is 12.1. The van der Waals surface area contributed by atoms with E-state index in [0.717, 1.165) is 28.3 Å². The lowest BCUT2D eigenvalue weighted by molar-refractivity contribution is -0.116. The topological polar surface area (TPSA) is 67.0 Å². The Bertz CT molecular complexity index is 778. The highest BCUT2D eigenvalue weighted by molar-refractivity contribution is 5.91. The molecule has 0 atom stereocenters. The van der Waals surface area contributed by atoms with E-state index in [1.54, 1.807) is 13.3 Å². The van der Waals surface area contributed by atoms with Crippen LogP contribution in [0.4, 0.5) is 5.69 Å². The maximum atomic E-state index is 12.1. The lowest BCUT2D eigenvalue weighted by atomic mass is 10.1. The highest BCUT2D eigenvalue weighted by atomic mass is 16.5. The third-order valence-corrected chi connectivity index (χ3v) is 3.78. The van der Waals surface area contributed by atoms with Crippen LogP contribution in [0.2, 0.25) is 0 Å². The van der Waals surface area contributed by atoms with Crippen LogP contribution in [0.25, 0.3) is 11.3 Å². The molecule has 3 aromatic rings. The smallest absolute Gasteiger partial charge is 0.224 e. The van der Waals surface area contributed by atoms with Gasteiger partial charge in [0.1, 0.15) is 5.75 Å². The number of nitrogens with zero attached hydrogens (tertiary/aromatic N) is 1. The van der Waals surface area contributed by atoms with Gasteiger partial charge in [0.15, 0.2) is 0 Å². The molecular formula is C19H19N3O2. The number of amides is 1. The summed E-state index contributed by atoms with van der Waals surface area (Å²) in [6.07, 6.45) is 2.85. The molecule has 2 aromatic carbocycles. The van der Waals surface area contributed by atoms with Crippen LogP contribution in [-0.2, 0) is 11.2 Å². The van der Waals surface area contributed by atoms with E-state index >= 15 is 0 Å². The summed E-state index contributed by atoms with van der Waals surface area (Å²) in [5.41, 5.74) is 3.88. The van der Waals surface area contributed by atoms with E-state index in [9.17, 15) is 4.79 Å². The van der Waals surface area contributed by atoms with Gasteiger partial charge >= 0.3 is 0 Å². The van der Waals surface area contributed by atoms with Crippen molar-refractivity contribution in [3.05, 3.63) is 66.4 Å². The van der Waals surface area contributed by atoms with Gasteiger partial charge in [-0.1, -0.05) is 24.3 Å². The monoisotopic (exact) mass is 321 g/mol. The summed E-state index contributed by atoms with van der Waals surface area (Å²) in [6.45, 7) is 0. The lowest BCUT2D eigenvalue weighted by Crippen LogP contribution is -2.12. The summed E-state index contributed by atoms with van der Waals surface area (Å²) in [7, 11) is 1.64. The van der Waals surface area contributed by atoms with Gasteiger partial charge in [0.2, 0.25) is 5.91 Å². The fourth-order valence-corrected chi connectivity index (χ4v) is 2.42. The number of hydrogen-bond donors (Lipinski definition) is 2. The van der Waals surface area contributed by atoms with Gasteiger partial charge in [0.25, 0.3) is 0 Å². The molecule has 0 radical (unpaired) electrons. The van der Waals surface area contributed by atoms with Crippen LogP contribution in [0.1, 0.15) is 12.0 Å². The molecule has 0 bridgehead atoms. The van der Waals surface area contributed by atoms with Crippen LogP contribution < -0.4 is 10.1 Å². The minimum Gasteiger partial charge on any atom is -0.497 e. The first kappa shape index (κ1) is 15.8. The van der Waals surface area contributed by atoms with Gasteiger partial charge in [-0.3, -0.25) is 9.89 Å². The maximum Gasteiger partial charge on any atom is 0.224 e. The minimum absolute atomic E-state index is 0.000100. The average molecular weight is 321 g/mol. The molecule has 24 heavy (non-hydrogen) atoms. The van der Waals surface area contributed by atoms with Crippen LogP contribution in [0, 0.1) is 0 Å². The van der Waals surface area contributed by atoms with Crippen molar-refractivity contribution >= 4 is 11.6 Å². The number of benzene rings is 2. The predicted octanol–water partition coefficient (Wildman–Crippen LogP) is 3.66. The van der Waals surface area contributed by atoms with Crippen molar-refractivity contribution in [3.63, 3.8) is 0 Å². The van der Waals surface area contributed by atoms with Crippen LogP contribution in [0.15, 0.2) is 60.8 Å². The predicted molar refractivity (Wildman–Crippen MR) is 94.0 cm³/mol. The fourth-order valence-electron chi connectivity index (χ4n) is 2.42. The van der Waals surface area contributed by atoms with Crippen LogP contribution in [0.3, 0.4) is 0 Å². The molecule has 122 valence electrons. The Morgan fingerprint density at radius 1 is 1.08 bits per heavy atom.